The predicted molar refractivity (Wildman–Crippen MR) is 96.2 cm³/mol. The van der Waals surface area contributed by atoms with E-state index in [1.807, 2.05) is 7.05 Å². The molecule has 2 aliphatic heterocycles. The van der Waals surface area contributed by atoms with Crippen molar-refractivity contribution in [2.75, 3.05) is 38.3 Å². The van der Waals surface area contributed by atoms with Crippen LogP contribution in [0.2, 0.25) is 5.02 Å². The van der Waals surface area contributed by atoms with Crippen LogP contribution in [0.3, 0.4) is 0 Å². The van der Waals surface area contributed by atoms with Crippen LogP contribution in [-0.2, 0) is 11.3 Å². The number of aromatic nitrogens is 4. The highest BCUT2D eigenvalue weighted by atomic mass is 35.5. The molecule has 0 saturated carbocycles. The first-order valence-electron chi connectivity index (χ1n) is 9.02. The topological polar surface area (TPSA) is 80.4 Å². The Balaban J connectivity index is 1.29. The number of hydrogen-bond donors (Lipinski definition) is 0. The molecule has 4 rings (SSSR count). The van der Waals surface area contributed by atoms with Gasteiger partial charge in [0.15, 0.2) is 0 Å². The maximum atomic E-state index is 5.86. The fraction of sp³-hybridized carbons (Fsp3) is 0.647. The van der Waals surface area contributed by atoms with Crippen LogP contribution in [0.4, 0.5) is 5.95 Å². The summed E-state index contributed by atoms with van der Waals surface area (Å²) in [5.74, 6) is 2.38. The number of halogens is 1. The summed E-state index contributed by atoms with van der Waals surface area (Å²) in [5, 5.41) is 8.96. The Morgan fingerprint density at radius 3 is 2.65 bits per heavy atom. The van der Waals surface area contributed by atoms with Crippen molar-refractivity contribution in [1.29, 1.82) is 0 Å². The molecule has 2 fully saturated rings. The molecule has 1 unspecified atom stereocenters. The van der Waals surface area contributed by atoms with Crippen LogP contribution in [0.15, 0.2) is 16.8 Å². The maximum Gasteiger partial charge on any atom is 0.230 e. The van der Waals surface area contributed by atoms with Gasteiger partial charge in [-0.1, -0.05) is 11.6 Å². The van der Waals surface area contributed by atoms with Crippen molar-refractivity contribution in [3.05, 3.63) is 29.2 Å². The molecule has 4 heterocycles. The van der Waals surface area contributed by atoms with E-state index in [-0.39, 0.29) is 5.92 Å². The molecule has 1 atom stereocenters. The molecular weight excluding hydrogens is 356 g/mol. The Bertz CT molecular complexity index is 710. The quantitative estimate of drug-likeness (QED) is 0.782. The first-order chi connectivity index (χ1) is 12.7. The maximum absolute atomic E-state index is 5.86. The SMILES string of the molecule is CN(c1ncc(Cl)cn1)C1CCN(Cc2nnc(C3CCOC3)o2)CC1. The van der Waals surface area contributed by atoms with Gasteiger partial charge in [-0.3, -0.25) is 4.90 Å². The average Bonchev–Trinajstić information content (AvgIpc) is 3.34. The standard InChI is InChI=1S/C17H23ClN6O2/c1-23(17-19-8-13(18)9-20-17)14-2-5-24(6-3-14)10-15-21-22-16(26-15)12-4-7-25-11-12/h8-9,12,14H,2-7,10-11H2,1H3. The zero-order chi connectivity index (χ0) is 17.9. The van der Waals surface area contributed by atoms with Crippen LogP contribution in [0.5, 0.6) is 0 Å². The van der Waals surface area contributed by atoms with Gasteiger partial charge in [-0.25, -0.2) is 9.97 Å². The largest absolute Gasteiger partial charge is 0.423 e. The van der Waals surface area contributed by atoms with E-state index in [0.717, 1.165) is 39.0 Å². The number of hydrogen-bond acceptors (Lipinski definition) is 8. The van der Waals surface area contributed by atoms with E-state index < -0.39 is 0 Å². The van der Waals surface area contributed by atoms with Gasteiger partial charge in [0.25, 0.3) is 0 Å². The second kappa shape index (κ2) is 7.85. The molecule has 0 spiro atoms. The third kappa shape index (κ3) is 3.97. The Labute approximate surface area is 157 Å². The highest BCUT2D eigenvalue weighted by molar-refractivity contribution is 6.30. The average molecular weight is 379 g/mol. The van der Waals surface area contributed by atoms with Gasteiger partial charge in [0.1, 0.15) is 0 Å². The minimum absolute atomic E-state index is 0.259. The summed E-state index contributed by atoms with van der Waals surface area (Å²) >= 11 is 5.86. The molecule has 0 aromatic carbocycles. The van der Waals surface area contributed by atoms with Crippen LogP contribution in [0.1, 0.15) is 37.0 Å². The summed E-state index contributed by atoms with van der Waals surface area (Å²) in [7, 11) is 2.04. The molecule has 140 valence electrons. The van der Waals surface area contributed by atoms with Crippen molar-refractivity contribution in [2.24, 2.45) is 0 Å². The number of likely N-dealkylation sites (tertiary alicyclic amines) is 1. The van der Waals surface area contributed by atoms with Gasteiger partial charge in [-0.2, -0.15) is 0 Å². The van der Waals surface area contributed by atoms with E-state index in [1.54, 1.807) is 12.4 Å². The number of ether oxygens (including phenoxy) is 1. The number of piperidine rings is 1. The summed E-state index contributed by atoms with van der Waals surface area (Å²) in [4.78, 5) is 13.1. The zero-order valence-corrected chi connectivity index (χ0v) is 15.6. The van der Waals surface area contributed by atoms with Crippen LogP contribution in [0.25, 0.3) is 0 Å². The van der Waals surface area contributed by atoms with E-state index in [4.69, 9.17) is 20.8 Å². The van der Waals surface area contributed by atoms with E-state index in [0.29, 0.717) is 41.9 Å². The summed E-state index contributed by atoms with van der Waals surface area (Å²) in [6.45, 7) is 4.13. The van der Waals surface area contributed by atoms with Gasteiger partial charge in [-0.15, -0.1) is 10.2 Å². The fourth-order valence-corrected chi connectivity index (χ4v) is 3.63. The molecule has 0 aliphatic carbocycles. The molecule has 9 heteroatoms. The normalized spacial score (nSPS) is 22.0. The van der Waals surface area contributed by atoms with Crippen molar-refractivity contribution in [1.82, 2.24) is 25.1 Å². The van der Waals surface area contributed by atoms with E-state index in [2.05, 4.69) is 30.0 Å². The molecule has 0 amide bonds. The zero-order valence-electron chi connectivity index (χ0n) is 14.8. The Morgan fingerprint density at radius 1 is 1.19 bits per heavy atom. The lowest BCUT2D eigenvalue weighted by atomic mass is 10.0. The van der Waals surface area contributed by atoms with Crippen molar-refractivity contribution < 1.29 is 9.15 Å². The Morgan fingerprint density at radius 2 is 1.96 bits per heavy atom. The Kier molecular flexibility index (Phi) is 5.33. The van der Waals surface area contributed by atoms with Crippen molar-refractivity contribution in [3.8, 4) is 0 Å². The van der Waals surface area contributed by atoms with E-state index >= 15 is 0 Å². The van der Waals surface area contributed by atoms with Crippen LogP contribution in [0, 0.1) is 0 Å². The molecular formula is C17H23ClN6O2. The first kappa shape index (κ1) is 17.6. The van der Waals surface area contributed by atoms with Crippen LogP contribution >= 0.6 is 11.6 Å². The summed E-state index contributed by atoms with van der Waals surface area (Å²) in [6.07, 6.45) is 6.32. The second-order valence-corrected chi connectivity index (χ2v) is 7.35. The lowest BCUT2D eigenvalue weighted by Gasteiger charge is -2.36. The summed E-state index contributed by atoms with van der Waals surface area (Å²) < 4.78 is 11.2. The van der Waals surface area contributed by atoms with Crippen molar-refractivity contribution in [2.45, 2.75) is 37.8 Å². The lowest BCUT2D eigenvalue weighted by molar-refractivity contribution is 0.180. The first-order valence-corrected chi connectivity index (χ1v) is 9.39. The Hall–Kier alpha value is -1.77. The number of nitrogens with zero attached hydrogens (tertiary/aromatic N) is 6. The van der Waals surface area contributed by atoms with Gasteiger partial charge < -0.3 is 14.1 Å². The summed E-state index contributed by atoms with van der Waals surface area (Å²) in [5.41, 5.74) is 0. The van der Waals surface area contributed by atoms with Gasteiger partial charge in [-0.05, 0) is 19.3 Å². The minimum Gasteiger partial charge on any atom is -0.423 e. The summed E-state index contributed by atoms with van der Waals surface area (Å²) in [6, 6.07) is 0.418. The molecule has 2 aliphatic rings. The smallest absolute Gasteiger partial charge is 0.230 e. The van der Waals surface area contributed by atoms with Crippen LogP contribution < -0.4 is 4.90 Å². The molecule has 0 N–H and O–H groups in total. The molecule has 8 nitrogen and oxygen atoms in total. The number of rotatable bonds is 5. The third-order valence-electron chi connectivity index (χ3n) is 5.15. The minimum atomic E-state index is 0.259. The van der Waals surface area contributed by atoms with Gasteiger partial charge >= 0.3 is 0 Å². The van der Waals surface area contributed by atoms with E-state index in [1.165, 1.54) is 0 Å². The van der Waals surface area contributed by atoms with Crippen molar-refractivity contribution in [3.63, 3.8) is 0 Å². The molecule has 2 aromatic rings. The van der Waals surface area contributed by atoms with Gasteiger partial charge in [0.05, 0.1) is 36.5 Å². The molecule has 26 heavy (non-hydrogen) atoms. The van der Waals surface area contributed by atoms with Crippen molar-refractivity contribution >= 4 is 17.5 Å². The molecule has 0 radical (unpaired) electrons. The van der Waals surface area contributed by atoms with Crippen LogP contribution in [-0.4, -0.2) is 64.5 Å². The fourth-order valence-electron chi connectivity index (χ4n) is 3.53. The highest BCUT2D eigenvalue weighted by Gasteiger charge is 2.27. The third-order valence-corrected chi connectivity index (χ3v) is 5.34. The highest BCUT2D eigenvalue weighted by Crippen LogP contribution is 2.25. The molecule has 2 saturated heterocycles. The van der Waals surface area contributed by atoms with E-state index in [9.17, 15) is 0 Å². The van der Waals surface area contributed by atoms with Gasteiger partial charge in [0, 0.05) is 32.8 Å². The molecule has 0 bridgehead atoms. The lowest BCUT2D eigenvalue weighted by Crippen LogP contribution is -2.43. The molecule has 2 aromatic heterocycles. The monoisotopic (exact) mass is 378 g/mol. The number of anilines is 1. The van der Waals surface area contributed by atoms with Gasteiger partial charge in [0.2, 0.25) is 17.7 Å². The predicted octanol–water partition coefficient (Wildman–Crippen LogP) is 2.12. The second-order valence-electron chi connectivity index (χ2n) is 6.91.